The Morgan fingerprint density at radius 3 is 2.00 bits per heavy atom. The molecule has 0 saturated carbocycles. The number of hydrogen-bond acceptors (Lipinski definition) is 3. The molecule has 70 valence electrons. The monoisotopic (exact) mass is 204 g/mol. The van der Waals surface area contributed by atoms with Crippen molar-refractivity contribution >= 4 is 36.9 Å². The standard InChI is InChI=1S/C7H6O3.C2H3O.Na/c8-6-4-2-1-3-5(6)7(9)10;1-2-3;/h1-4,8H,(H,9,10);1H3;. The Kier molecular flexibility index (Phi) is 6.19. The van der Waals surface area contributed by atoms with Crippen molar-refractivity contribution in [2.45, 2.75) is 6.92 Å². The molecule has 0 fully saturated rings. The van der Waals surface area contributed by atoms with Crippen LogP contribution in [0.4, 0.5) is 0 Å². The summed E-state index contributed by atoms with van der Waals surface area (Å²) in [4.78, 5) is 19.8. The molecule has 0 bridgehead atoms. The molecule has 0 radical (unpaired) electrons. The number of rotatable bonds is 1. The molecule has 0 unspecified atom stereocenters. The molecule has 0 aromatic heterocycles. The first-order valence-electron chi connectivity index (χ1n) is 3.93. The molecule has 0 atom stereocenters. The zero-order valence-corrected chi connectivity index (χ0v) is 10.0. The Hall–Kier alpha value is -0.840. The van der Waals surface area contributed by atoms with E-state index in [0.29, 0.717) is 31.0 Å². The van der Waals surface area contributed by atoms with E-state index in [1.54, 1.807) is 19.1 Å². The van der Waals surface area contributed by atoms with Crippen molar-refractivity contribution in [3.8, 4) is 5.75 Å². The van der Waals surface area contributed by atoms with Gasteiger partial charge in [-0.15, -0.1) is 0 Å². The van der Waals surface area contributed by atoms with Gasteiger partial charge >= 0.3 is 48.7 Å². The van der Waals surface area contributed by atoms with Gasteiger partial charge in [-0.1, -0.05) is 12.1 Å². The predicted molar refractivity (Wildman–Crippen MR) is 51.5 cm³/mol. The summed E-state index contributed by atoms with van der Waals surface area (Å²) in [5, 5.41) is 17.3. The van der Waals surface area contributed by atoms with Crippen LogP contribution in [0, 0.1) is 0 Å². The molecule has 5 heteroatoms. The summed E-state index contributed by atoms with van der Waals surface area (Å²) in [7, 11) is 0. The van der Waals surface area contributed by atoms with E-state index in [2.05, 4.69) is 0 Å². The average Bonchev–Trinajstić information content (AvgIpc) is 2.03. The number of phenols is 1. The summed E-state index contributed by atoms with van der Waals surface area (Å²) < 4.78 is 0.306. The van der Waals surface area contributed by atoms with Gasteiger partial charge in [0.25, 0.3) is 0 Å². The van der Waals surface area contributed by atoms with Crippen molar-refractivity contribution in [2.75, 3.05) is 0 Å². The SMILES string of the molecule is C[C](=O)[Na].O=C(O)c1ccccc1O. The smallest absolute Gasteiger partial charge is 0.339 e. The number of para-hydroxylation sites is 1. The van der Waals surface area contributed by atoms with Gasteiger partial charge in [0.05, 0.1) is 0 Å². The topological polar surface area (TPSA) is 74.6 Å². The molecule has 0 spiro atoms. The number of carboxylic acid groups (broad SMARTS) is 1. The molecular formula is C9H9NaO4. The molecule has 2 N–H and O–H groups in total. The average molecular weight is 204 g/mol. The Balaban J connectivity index is 0.000000364. The largest absolute Gasteiger partial charge is 0.507 e. The summed E-state index contributed by atoms with van der Waals surface area (Å²) in [5.41, 5.74) is -0.0671. The van der Waals surface area contributed by atoms with Crippen LogP contribution in [-0.4, -0.2) is 47.1 Å². The second-order valence-electron chi connectivity index (χ2n) is 2.73. The van der Waals surface area contributed by atoms with Crippen LogP contribution in [0.1, 0.15) is 17.3 Å². The van der Waals surface area contributed by atoms with Crippen LogP contribution < -0.4 is 0 Å². The molecular weight excluding hydrogens is 195 g/mol. The van der Waals surface area contributed by atoms with Gasteiger partial charge in [-0.3, -0.25) is 0 Å². The number of aromatic hydroxyl groups is 1. The van der Waals surface area contributed by atoms with Crippen molar-refractivity contribution in [3.05, 3.63) is 29.8 Å². The third-order valence-corrected chi connectivity index (χ3v) is 1.13. The molecule has 0 aliphatic rings. The van der Waals surface area contributed by atoms with Crippen molar-refractivity contribution < 1.29 is 19.8 Å². The van der Waals surface area contributed by atoms with E-state index < -0.39 is 5.97 Å². The number of aromatic carboxylic acids is 1. The maximum absolute atomic E-state index is 10.3. The normalized spacial score (nSPS) is 8.50. The summed E-state index contributed by atoms with van der Waals surface area (Å²) in [6.07, 6.45) is 0. The summed E-state index contributed by atoms with van der Waals surface area (Å²) in [6.45, 7) is 1.59. The van der Waals surface area contributed by atoms with E-state index in [-0.39, 0.29) is 11.3 Å². The maximum Gasteiger partial charge on any atom is 0.339 e. The van der Waals surface area contributed by atoms with Gasteiger partial charge in [0.2, 0.25) is 0 Å². The van der Waals surface area contributed by atoms with Crippen molar-refractivity contribution in [2.24, 2.45) is 0 Å². The van der Waals surface area contributed by atoms with E-state index in [1.165, 1.54) is 12.1 Å². The first-order valence-corrected chi connectivity index (χ1v) is 4.93. The third-order valence-electron chi connectivity index (χ3n) is 1.13. The number of carbonyl (C=O) groups excluding carboxylic acids is 1. The maximum atomic E-state index is 10.3. The van der Waals surface area contributed by atoms with Crippen molar-refractivity contribution in [1.82, 2.24) is 0 Å². The van der Waals surface area contributed by atoms with E-state index in [1.807, 2.05) is 0 Å². The third kappa shape index (κ3) is 5.75. The Labute approximate surface area is 99.0 Å². The second-order valence-corrected chi connectivity index (χ2v) is 4.14. The van der Waals surface area contributed by atoms with Gasteiger partial charge in [0, 0.05) is 0 Å². The van der Waals surface area contributed by atoms with Gasteiger partial charge < -0.3 is 10.2 Å². The molecule has 1 rings (SSSR count). The number of carbonyl (C=O) groups is 2. The Morgan fingerprint density at radius 1 is 1.29 bits per heavy atom. The molecule has 1 aromatic rings. The Morgan fingerprint density at radius 2 is 1.71 bits per heavy atom. The molecule has 4 nitrogen and oxygen atoms in total. The fourth-order valence-corrected chi connectivity index (χ4v) is 0.654. The summed E-state index contributed by atoms with van der Waals surface area (Å²) in [6, 6.07) is 5.81. The van der Waals surface area contributed by atoms with Gasteiger partial charge in [-0.05, 0) is 12.1 Å². The van der Waals surface area contributed by atoms with Crippen LogP contribution in [0.25, 0.3) is 0 Å². The first-order chi connectivity index (χ1) is 6.45. The van der Waals surface area contributed by atoms with Crippen LogP contribution in [0.15, 0.2) is 24.3 Å². The van der Waals surface area contributed by atoms with Gasteiger partial charge in [0.15, 0.2) is 0 Å². The second kappa shape index (κ2) is 6.59. The zero-order chi connectivity index (χ0) is 11.1. The van der Waals surface area contributed by atoms with E-state index in [4.69, 9.17) is 10.2 Å². The Bertz CT molecular complexity index is 331. The molecule has 0 saturated heterocycles. The molecule has 0 aliphatic heterocycles. The van der Waals surface area contributed by atoms with Gasteiger partial charge in [0.1, 0.15) is 11.3 Å². The minimum atomic E-state index is -1.11. The minimum absolute atomic E-state index is 0.0671. The fourth-order valence-electron chi connectivity index (χ4n) is 0.654. The van der Waals surface area contributed by atoms with Crippen LogP contribution >= 0.6 is 0 Å². The van der Waals surface area contributed by atoms with Crippen LogP contribution in [0.2, 0.25) is 0 Å². The number of hydrogen-bond donors (Lipinski definition) is 2. The summed E-state index contributed by atoms with van der Waals surface area (Å²) in [5.74, 6) is -1.31. The molecule has 14 heavy (non-hydrogen) atoms. The van der Waals surface area contributed by atoms with Crippen LogP contribution in [-0.2, 0) is 4.79 Å². The van der Waals surface area contributed by atoms with Crippen molar-refractivity contribution in [3.63, 3.8) is 0 Å². The van der Waals surface area contributed by atoms with Crippen LogP contribution in [0.3, 0.4) is 0 Å². The van der Waals surface area contributed by atoms with E-state index >= 15 is 0 Å². The predicted octanol–water partition coefficient (Wildman–Crippen LogP) is 0.792. The number of carboxylic acids is 1. The van der Waals surface area contributed by atoms with Gasteiger partial charge in [-0.25, -0.2) is 4.79 Å². The fraction of sp³-hybridized carbons (Fsp3) is 0.111. The zero-order valence-electron chi connectivity index (χ0n) is 8.02. The molecule has 1 aromatic carbocycles. The minimum Gasteiger partial charge on any atom is -0.507 e. The van der Waals surface area contributed by atoms with E-state index in [9.17, 15) is 9.59 Å². The first kappa shape index (κ1) is 13.2. The number of benzene rings is 1. The molecule has 0 amide bonds. The quantitative estimate of drug-likeness (QED) is 0.663. The van der Waals surface area contributed by atoms with Gasteiger partial charge in [-0.2, -0.15) is 0 Å². The molecule has 0 heterocycles. The van der Waals surface area contributed by atoms with E-state index in [0.717, 1.165) is 0 Å². The summed E-state index contributed by atoms with van der Waals surface area (Å²) >= 11 is 0.710. The van der Waals surface area contributed by atoms with Crippen LogP contribution in [0.5, 0.6) is 5.75 Å². The molecule has 0 aliphatic carbocycles. The van der Waals surface area contributed by atoms with Crippen molar-refractivity contribution in [1.29, 1.82) is 0 Å².